The van der Waals surface area contributed by atoms with E-state index in [4.69, 9.17) is 16.3 Å². The fraction of sp³-hybridized carbons (Fsp3) is 0.263. The van der Waals surface area contributed by atoms with Crippen molar-refractivity contribution < 1.29 is 14.3 Å². The zero-order chi connectivity index (χ0) is 16.4. The quantitative estimate of drug-likeness (QED) is 0.622. The SMILES string of the molecule is C[C@@H](OC(=O)c1ccccc1Cl)C(=O)c1ccc2c(c1)CCC2. The van der Waals surface area contributed by atoms with E-state index in [2.05, 4.69) is 0 Å². The fourth-order valence-corrected chi connectivity index (χ4v) is 3.08. The number of rotatable bonds is 4. The lowest BCUT2D eigenvalue weighted by Gasteiger charge is -2.13. The first-order valence-corrected chi connectivity index (χ1v) is 8.05. The molecule has 0 radical (unpaired) electrons. The van der Waals surface area contributed by atoms with Crippen LogP contribution in [-0.2, 0) is 17.6 Å². The van der Waals surface area contributed by atoms with E-state index in [-0.39, 0.29) is 11.3 Å². The summed E-state index contributed by atoms with van der Waals surface area (Å²) in [6.45, 7) is 1.59. The molecule has 23 heavy (non-hydrogen) atoms. The Bertz CT molecular complexity index is 767. The molecule has 0 aromatic heterocycles. The Labute approximate surface area is 140 Å². The van der Waals surface area contributed by atoms with Crippen molar-refractivity contribution in [2.24, 2.45) is 0 Å². The smallest absolute Gasteiger partial charge is 0.340 e. The molecular formula is C19H17ClO3. The first kappa shape index (κ1) is 15.8. The van der Waals surface area contributed by atoms with E-state index in [9.17, 15) is 9.59 Å². The Morgan fingerprint density at radius 3 is 2.61 bits per heavy atom. The zero-order valence-corrected chi connectivity index (χ0v) is 13.6. The van der Waals surface area contributed by atoms with Gasteiger partial charge < -0.3 is 4.74 Å². The third-order valence-electron chi connectivity index (χ3n) is 4.13. The number of hydrogen-bond donors (Lipinski definition) is 0. The van der Waals surface area contributed by atoms with Crippen molar-refractivity contribution in [1.82, 2.24) is 0 Å². The second-order valence-electron chi connectivity index (χ2n) is 5.73. The molecule has 1 aliphatic rings. The van der Waals surface area contributed by atoms with Gasteiger partial charge in [0.25, 0.3) is 0 Å². The Balaban J connectivity index is 1.73. The van der Waals surface area contributed by atoms with Gasteiger partial charge in [-0.05, 0) is 55.5 Å². The van der Waals surface area contributed by atoms with Crippen LogP contribution in [0.4, 0.5) is 0 Å². The molecule has 1 aliphatic carbocycles. The molecule has 2 aromatic rings. The molecule has 4 heteroatoms. The summed E-state index contributed by atoms with van der Waals surface area (Å²) in [5.41, 5.74) is 3.38. The van der Waals surface area contributed by atoms with Gasteiger partial charge >= 0.3 is 5.97 Å². The normalized spacial score (nSPS) is 14.2. The molecule has 0 heterocycles. The number of halogens is 1. The molecule has 0 fully saturated rings. The van der Waals surface area contributed by atoms with Gasteiger partial charge in [-0.1, -0.05) is 35.9 Å². The van der Waals surface area contributed by atoms with Crippen LogP contribution < -0.4 is 0 Å². The summed E-state index contributed by atoms with van der Waals surface area (Å²) >= 11 is 5.98. The highest BCUT2D eigenvalue weighted by Gasteiger charge is 2.23. The zero-order valence-electron chi connectivity index (χ0n) is 12.8. The van der Waals surface area contributed by atoms with Crippen molar-refractivity contribution in [1.29, 1.82) is 0 Å². The lowest BCUT2D eigenvalue weighted by molar-refractivity contribution is 0.0319. The van der Waals surface area contributed by atoms with E-state index in [0.29, 0.717) is 10.6 Å². The number of benzene rings is 2. The molecule has 0 amide bonds. The highest BCUT2D eigenvalue weighted by atomic mass is 35.5. The summed E-state index contributed by atoms with van der Waals surface area (Å²) in [6, 6.07) is 12.4. The molecule has 0 bridgehead atoms. The van der Waals surface area contributed by atoms with Crippen molar-refractivity contribution >= 4 is 23.4 Å². The summed E-state index contributed by atoms with van der Waals surface area (Å²) < 4.78 is 5.28. The molecule has 0 spiro atoms. The number of aryl methyl sites for hydroxylation is 2. The highest BCUT2D eigenvalue weighted by molar-refractivity contribution is 6.33. The van der Waals surface area contributed by atoms with Gasteiger partial charge in [-0.25, -0.2) is 4.79 Å². The van der Waals surface area contributed by atoms with Crippen LogP contribution in [0.15, 0.2) is 42.5 Å². The van der Waals surface area contributed by atoms with Crippen LogP contribution in [0.2, 0.25) is 5.02 Å². The predicted octanol–water partition coefficient (Wildman–Crippen LogP) is 4.26. The van der Waals surface area contributed by atoms with Crippen LogP contribution in [0.1, 0.15) is 45.2 Å². The van der Waals surface area contributed by atoms with Crippen LogP contribution in [0, 0.1) is 0 Å². The molecule has 3 rings (SSSR count). The van der Waals surface area contributed by atoms with Gasteiger partial charge in [-0.3, -0.25) is 4.79 Å². The van der Waals surface area contributed by atoms with Crippen molar-refractivity contribution in [3.63, 3.8) is 0 Å². The second-order valence-corrected chi connectivity index (χ2v) is 6.14. The first-order chi connectivity index (χ1) is 11.1. The van der Waals surface area contributed by atoms with Gasteiger partial charge in [0.05, 0.1) is 10.6 Å². The second kappa shape index (κ2) is 6.55. The Morgan fingerprint density at radius 2 is 1.83 bits per heavy atom. The van der Waals surface area contributed by atoms with Gasteiger partial charge in [0.2, 0.25) is 5.78 Å². The topological polar surface area (TPSA) is 43.4 Å². The van der Waals surface area contributed by atoms with E-state index in [1.54, 1.807) is 31.2 Å². The minimum Gasteiger partial charge on any atom is -0.451 e. The Morgan fingerprint density at radius 1 is 1.09 bits per heavy atom. The number of ether oxygens (including phenoxy) is 1. The lowest BCUT2D eigenvalue weighted by atomic mass is 10.0. The molecule has 2 aromatic carbocycles. The van der Waals surface area contributed by atoms with Gasteiger partial charge in [0.15, 0.2) is 6.10 Å². The van der Waals surface area contributed by atoms with Crippen LogP contribution in [0.25, 0.3) is 0 Å². The van der Waals surface area contributed by atoms with Crippen LogP contribution in [0.3, 0.4) is 0 Å². The minimum absolute atomic E-state index is 0.194. The number of ketones is 1. The molecule has 1 atom stereocenters. The monoisotopic (exact) mass is 328 g/mol. The van der Waals surface area contributed by atoms with Gasteiger partial charge in [0, 0.05) is 5.56 Å². The fourth-order valence-electron chi connectivity index (χ4n) is 2.86. The number of hydrogen-bond acceptors (Lipinski definition) is 3. The molecule has 0 saturated carbocycles. The van der Waals surface area contributed by atoms with Gasteiger partial charge in [0.1, 0.15) is 0 Å². The van der Waals surface area contributed by atoms with Crippen molar-refractivity contribution in [2.75, 3.05) is 0 Å². The average Bonchev–Trinajstić information content (AvgIpc) is 3.01. The third-order valence-corrected chi connectivity index (χ3v) is 4.46. The first-order valence-electron chi connectivity index (χ1n) is 7.68. The maximum Gasteiger partial charge on any atom is 0.340 e. The minimum atomic E-state index is -0.849. The van der Waals surface area contributed by atoms with Gasteiger partial charge in [-0.2, -0.15) is 0 Å². The lowest BCUT2D eigenvalue weighted by Crippen LogP contribution is -2.24. The largest absolute Gasteiger partial charge is 0.451 e. The summed E-state index contributed by atoms with van der Waals surface area (Å²) in [5, 5.41) is 0.315. The number of Topliss-reactive ketones (excluding diaryl/α,β-unsaturated/α-hetero) is 1. The van der Waals surface area contributed by atoms with Crippen LogP contribution in [-0.4, -0.2) is 17.9 Å². The summed E-state index contributed by atoms with van der Waals surface area (Å²) in [7, 11) is 0. The van der Waals surface area contributed by atoms with Crippen molar-refractivity contribution in [2.45, 2.75) is 32.3 Å². The number of carbonyl (C=O) groups excluding carboxylic acids is 2. The molecule has 0 N–H and O–H groups in total. The molecule has 0 unspecified atom stereocenters. The number of fused-ring (bicyclic) bond motifs is 1. The molecule has 3 nitrogen and oxygen atoms in total. The summed E-state index contributed by atoms with van der Waals surface area (Å²) in [5.74, 6) is -0.780. The molecule has 0 aliphatic heterocycles. The maximum atomic E-state index is 12.5. The Hall–Kier alpha value is -2.13. The van der Waals surface area contributed by atoms with E-state index in [1.807, 2.05) is 18.2 Å². The highest BCUT2D eigenvalue weighted by Crippen LogP contribution is 2.24. The van der Waals surface area contributed by atoms with Crippen molar-refractivity contribution in [3.05, 3.63) is 69.7 Å². The maximum absolute atomic E-state index is 12.5. The van der Waals surface area contributed by atoms with E-state index >= 15 is 0 Å². The standard InChI is InChI=1S/C19H17ClO3/c1-12(23-19(22)16-7-2-3-8-17(16)20)18(21)15-10-9-13-5-4-6-14(13)11-15/h2-3,7-12H,4-6H2,1H3/t12-/m1/s1. The third kappa shape index (κ3) is 3.30. The Kier molecular flexibility index (Phi) is 4.49. The summed E-state index contributed by atoms with van der Waals surface area (Å²) in [4.78, 5) is 24.6. The molecule has 0 saturated heterocycles. The number of carbonyl (C=O) groups is 2. The van der Waals surface area contributed by atoms with Crippen LogP contribution >= 0.6 is 11.6 Å². The van der Waals surface area contributed by atoms with E-state index in [0.717, 1.165) is 19.3 Å². The van der Waals surface area contributed by atoms with Crippen molar-refractivity contribution in [3.8, 4) is 0 Å². The molecule has 118 valence electrons. The number of esters is 1. The molecular weight excluding hydrogens is 312 g/mol. The summed E-state index contributed by atoms with van der Waals surface area (Å²) in [6.07, 6.45) is 2.35. The average molecular weight is 329 g/mol. The van der Waals surface area contributed by atoms with Crippen LogP contribution in [0.5, 0.6) is 0 Å². The predicted molar refractivity (Wildman–Crippen MR) is 89.1 cm³/mol. The van der Waals surface area contributed by atoms with Gasteiger partial charge in [-0.15, -0.1) is 0 Å². The van der Waals surface area contributed by atoms with E-state index < -0.39 is 12.1 Å². The van der Waals surface area contributed by atoms with E-state index in [1.165, 1.54) is 11.1 Å².